The van der Waals surface area contributed by atoms with Gasteiger partial charge in [0, 0.05) is 38.7 Å². The summed E-state index contributed by atoms with van der Waals surface area (Å²) in [7, 11) is 0. The lowest BCUT2D eigenvalue weighted by Gasteiger charge is -2.36. The van der Waals surface area contributed by atoms with Crippen LogP contribution < -0.4 is 5.56 Å². The van der Waals surface area contributed by atoms with Gasteiger partial charge in [0.25, 0.3) is 17.4 Å². The number of benzene rings is 3. The summed E-state index contributed by atoms with van der Waals surface area (Å²) in [4.78, 5) is 46.7. The smallest absolute Gasteiger partial charge is 0.264 e. The maximum absolute atomic E-state index is 13.5. The Bertz CT molecular complexity index is 1660. The summed E-state index contributed by atoms with van der Waals surface area (Å²) in [5, 5.41) is 2.54. The third kappa shape index (κ3) is 2.09. The Kier molecular flexibility index (Phi) is 3.42. The van der Waals surface area contributed by atoms with Crippen molar-refractivity contribution >= 4 is 50.0 Å². The average Bonchev–Trinajstić information content (AvgIpc) is 3.22. The number of rotatable bonds is 1. The molecular formula is C26H19N3O3. The standard InChI is InChI=1S/C26H19N3O3/c30-24-17-11-10-15-21-16(26(32)29-20-9-5-4-8-19(20)27-23(15)29)12-13-18(22(17)21)25(31)28(24)14-6-2-1-3-7-14/h4-5,8-14H,1-3,6-7H2. The summed E-state index contributed by atoms with van der Waals surface area (Å²) >= 11 is 0. The second-order valence-electron chi connectivity index (χ2n) is 8.91. The predicted octanol–water partition coefficient (Wildman–Crippen LogP) is 4.52. The zero-order valence-electron chi connectivity index (χ0n) is 17.3. The molecule has 0 atom stereocenters. The van der Waals surface area contributed by atoms with E-state index in [4.69, 9.17) is 4.98 Å². The topological polar surface area (TPSA) is 71.7 Å². The fraction of sp³-hybridized carbons (Fsp3) is 0.231. The molecule has 32 heavy (non-hydrogen) atoms. The zero-order chi connectivity index (χ0) is 21.6. The van der Waals surface area contributed by atoms with Crippen LogP contribution in [-0.4, -0.2) is 32.1 Å². The Hall–Kier alpha value is -3.80. The summed E-state index contributed by atoms with van der Waals surface area (Å²) in [6.07, 6.45) is 4.93. The molecule has 5 aromatic rings. The van der Waals surface area contributed by atoms with Crippen molar-refractivity contribution in [1.29, 1.82) is 0 Å². The van der Waals surface area contributed by atoms with Crippen LogP contribution in [0.2, 0.25) is 0 Å². The first-order valence-corrected chi connectivity index (χ1v) is 11.2. The van der Waals surface area contributed by atoms with E-state index in [2.05, 4.69) is 0 Å². The van der Waals surface area contributed by atoms with Crippen LogP contribution in [0.4, 0.5) is 0 Å². The van der Waals surface area contributed by atoms with Crippen molar-refractivity contribution in [2.75, 3.05) is 0 Å². The molecule has 1 fully saturated rings. The molecule has 6 nitrogen and oxygen atoms in total. The van der Waals surface area contributed by atoms with Gasteiger partial charge in [-0.15, -0.1) is 0 Å². The van der Waals surface area contributed by atoms with Crippen LogP contribution in [0.5, 0.6) is 0 Å². The number of hydrogen-bond acceptors (Lipinski definition) is 4. The molecule has 0 saturated heterocycles. The maximum atomic E-state index is 13.5. The molecule has 7 rings (SSSR count). The first-order valence-electron chi connectivity index (χ1n) is 11.2. The number of pyridine rings is 1. The van der Waals surface area contributed by atoms with Crippen LogP contribution >= 0.6 is 0 Å². The van der Waals surface area contributed by atoms with Crippen molar-refractivity contribution in [1.82, 2.24) is 14.3 Å². The van der Waals surface area contributed by atoms with Crippen molar-refractivity contribution in [3.63, 3.8) is 0 Å². The molecule has 0 N–H and O–H groups in total. The van der Waals surface area contributed by atoms with Crippen LogP contribution in [0, 0.1) is 0 Å². The number of hydrogen-bond donors (Lipinski definition) is 0. The number of imide groups is 1. The van der Waals surface area contributed by atoms with Crippen molar-refractivity contribution in [2.24, 2.45) is 0 Å². The Morgan fingerprint density at radius 1 is 0.750 bits per heavy atom. The van der Waals surface area contributed by atoms with Gasteiger partial charge in [0.05, 0.1) is 11.0 Å². The molecule has 0 unspecified atom stereocenters. The van der Waals surface area contributed by atoms with Crippen LogP contribution in [0.3, 0.4) is 0 Å². The van der Waals surface area contributed by atoms with Crippen molar-refractivity contribution in [3.05, 3.63) is 70.0 Å². The van der Waals surface area contributed by atoms with E-state index >= 15 is 0 Å². The highest BCUT2D eigenvalue weighted by atomic mass is 16.2. The molecule has 1 aliphatic heterocycles. The molecule has 0 radical (unpaired) electrons. The Labute approximate surface area is 182 Å². The second kappa shape index (κ2) is 6.13. The van der Waals surface area contributed by atoms with Gasteiger partial charge in [0.1, 0.15) is 5.65 Å². The molecule has 6 heteroatoms. The van der Waals surface area contributed by atoms with Gasteiger partial charge in [-0.25, -0.2) is 4.98 Å². The fourth-order valence-electron chi connectivity index (χ4n) is 5.77. The number of amides is 2. The SMILES string of the molecule is O=C1c2ccc3c(=O)n4c5ccccc5nc4c4ccc(c2c34)C(=O)N1C1CCCCC1. The number of para-hydroxylation sites is 2. The zero-order valence-corrected chi connectivity index (χ0v) is 17.3. The Morgan fingerprint density at radius 3 is 2.19 bits per heavy atom. The van der Waals surface area contributed by atoms with Crippen molar-refractivity contribution in [3.8, 4) is 0 Å². The molecule has 3 aromatic carbocycles. The monoisotopic (exact) mass is 421 g/mol. The highest BCUT2D eigenvalue weighted by Gasteiger charge is 2.38. The van der Waals surface area contributed by atoms with E-state index in [1.54, 1.807) is 22.6 Å². The minimum absolute atomic E-state index is 0.0509. The average molecular weight is 421 g/mol. The fourth-order valence-corrected chi connectivity index (χ4v) is 5.77. The van der Waals surface area contributed by atoms with E-state index in [0.717, 1.165) is 48.5 Å². The number of nitrogens with zero attached hydrogens (tertiary/aromatic N) is 3. The van der Waals surface area contributed by atoms with Gasteiger partial charge >= 0.3 is 0 Å². The minimum Gasteiger partial charge on any atom is -0.271 e. The van der Waals surface area contributed by atoms with Crippen molar-refractivity contribution in [2.45, 2.75) is 38.1 Å². The van der Waals surface area contributed by atoms with Gasteiger partial charge < -0.3 is 0 Å². The van der Waals surface area contributed by atoms with Crippen LogP contribution in [0.1, 0.15) is 52.8 Å². The van der Waals surface area contributed by atoms with E-state index in [9.17, 15) is 14.4 Å². The highest BCUT2D eigenvalue weighted by Crippen LogP contribution is 2.39. The number of imidazole rings is 1. The van der Waals surface area contributed by atoms with Crippen molar-refractivity contribution < 1.29 is 9.59 Å². The third-order valence-corrected chi connectivity index (χ3v) is 7.23. The predicted molar refractivity (Wildman–Crippen MR) is 123 cm³/mol. The van der Waals surface area contributed by atoms with Gasteiger partial charge in [-0.3, -0.25) is 23.7 Å². The second-order valence-corrected chi connectivity index (χ2v) is 8.91. The van der Waals surface area contributed by atoms with Gasteiger partial charge in [-0.1, -0.05) is 31.4 Å². The Balaban J connectivity index is 1.59. The van der Waals surface area contributed by atoms with Crippen LogP contribution in [0.15, 0.2) is 53.3 Å². The molecule has 2 amide bonds. The van der Waals surface area contributed by atoms with E-state index < -0.39 is 0 Å². The Morgan fingerprint density at radius 2 is 1.44 bits per heavy atom. The molecule has 0 bridgehead atoms. The van der Waals surface area contributed by atoms with Gasteiger partial charge in [-0.2, -0.15) is 0 Å². The van der Waals surface area contributed by atoms with Gasteiger partial charge in [-0.05, 0) is 49.2 Å². The first-order chi connectivity index (χ1) is 15.6. The summed E-state index contributed by atoms with van der Waals surface area (Å²) in [5.74, 6) is -0.491. The first kappa shape index (κ1) is 17.8. The quantitative estimate of drug-likeness (QED) is 0.373. The lowest BCUT2D eigenvalue weighted by Crippen LogP contribution is -2.47. The lowest BCUT2D eigenvalue weighted by molar-refractivity contribution is 0.0503. The summed E-state index contributed by atoms with van der Waals surface area (Å²) < 4.78 is 1.63. The van der Waals surface area contributed by atoms with E-state index in [0.29, 0.717) is 32.9 Å². The largest absolute Gasteiger partial charge is 0.271 e. The molecule has 2 aliphatic rings. The summed E-state index contributed by atoms with van der Waals surface area (Å²) in [6.45, 7) is 0. The lowest BCUT2D eigenvalue weighted by atomic mass is 9.87. The summed E-state index contributed by atoms with van der Waals surface area (Å²) in [6, 6.07) is 14.6. The number of carbonyl (C=O) groups excluding carboxylic acids is 2. The van der Waals surface area contributed by atoms with E-state index in [1.165, 1.54) is 4.90 Å². The molecule has 156 valence electrons. The molecule has 1 saturated carbocycles. The van der Waals surface area contributed by atoms with Gasteiger partial charge in [0.15, 0.2) is 0 Å². The molecule has 1 aliphatic carbocycles. The van der Waals surface area contributed by atoms with Crippen LogP contribution in [0.25, 0.3) is 38.2 Å². The molecule has 3 heterocycles. The minimum atomic E-state index is -0.246. The van der Waals surface area contributed by atoms with E-state index in [-0.39, 0.29) is 23.4 Å². The number of fused-ring (bicyclic) bond motifs is 4. The summed E-state index contributed by atoms with van der Waals surface area (Å²) in [5.41, 5.74) is 2.87. The molecule has 2 aromatic heterocycles. The number of carbonyl (C=O) groups is 2. The molecular weight excluding hydrogens is 402 g/mol. The van der Waals surface area contributed by atoms with E-state index in [1.807, 2.05) is 30.3 Å². The maximum Gasteiger partial charge on any atom is 0.264 e. The molecule has 0 spiro atoms. The third-order valence-electron chi connectivity index (χ3n) is 7.23. The normalized spacial score (nSPS) is 17.4. The highest BCUT2D eigenvalue weighted by molar-refractivity contribution is 6.31. The number of aromatic nitrogens is 2. The van der Waals surface area contributed by atoms with Crippen LogP contribution in [-0.2, 0) is 0 Å². The van der Waals surface area contributed by atoms with Gasteiger partial charge in [0.2, 0.25) is 0 Å².